The summed E-state index contributed by atoms with van der Waals surface area (Å²) in [6.45, 7) is 3.92. The fourth-order valence-electron chi connectivity index (χ4n) is 2.96. The van der Waals surface area contributed by atoms with E-state index in [2.05, 4.69) is 31.2 Å². The lowest BCUT2D eigenvalue weighted by atomic mass is 9.78. The Morgan fingerprint density at radius 2 is 2.17 bits per heavy atom. The highest BCUT2D eigenvalue weighted by atomic mass is 79.9. The van der Waals surface area contributed by atoms with Crippen LogP contribution < -0.4 is 10.1 Å². The average Bonchev–Trinajstić information content (AvgIpc) is 2.74. The molecule has 1 amide bonds. The Bertz CT molecular complexity index is 727. The van der Waals surface area contributed by atoms with E-state index in [0.29, 0.717) is 18.1 Å². The molecule has 2 heterocycles. The maximum atomic E-state index is 12.8. The van der Waals surface area contributed by atoms with E-state index in [0.717, 1.165) is 10.0 Å². The molecule has 2 aliphatic rings. The van der Waals surface area contributed by atoms with Crippen molar-refractivity contribution in [2.24, 2.45) is 9.98 Å². The van der Waals surface area contributed by atoms with E-state index < -0.39 is 11.1 Å². The third-order valence-electron chi connectivity index (χ3n) is 3.76. The number of hydrogen-bond acceptors (Lipinski definition) is 4. The summed E-state index contributed by atoms with van der Waals surface area (Å²) >= 11 is 3.46. The Kier molecular flexibility index (Phi) is 3.71. The molecule has 1 spiro atoms. The molecule has 0 aliphatic carbocycles. The number of guanidine groups is 1. The summed E-state index contributed by atoms with van der Waals surface area (Å²) in [6, 6.07) is 5.66. The molecule has 0 fully saturated rings. The van der Waals surface area contributed by atoms with Crippen molar-refractivity contribution in [2.75, 3.05) is 14.1 Å². The number of hydrogen-bond donors (Lipinski definition) is 1. The molecule has 0 aromatic heterocycles. The van der Waals surface area contributed by atoms with Gasteiger partial charge in [-0.15, -0.1) is 0 Å². The smallest absolute Gasteiger partial charge is 0.259 e. The first kappa shape index (κ1) is 16.0. The first-order chi connectivity index (χ1) is 10.7. The molecule has 122 valence electrons. The minimum Gasteiger partial charge on any atom is -0.487 e. The Labute approximate surface area is 143 Å². The minimum absolute atomic E-state index is 0.167. The van der Waals surface area contributed by atoms with Gasteiger partial charge in [0.2, 0.25) is 5.96 Å². The fraction of sp³-hybridized carbons (Fsp3) is 0.438. The van der Waals surface area contributed by atoms with E-state index >= 15 is 0 Å². The molecule has 0 saturated carbocycles. The van der Waals surface area contributed by atoms with Crippen LogP contribution in [0.5, 0.6) is 5.75 Å². The summed E-state index contributed by atoms with van der Waals surface area (Å²) in [5, 5.41) is 2.78. The molecule has 2 aliphatic heterocycles. The standard InChI is InChI=1S/C16H19BrN4O2/c1-15(2)8-16(11-7-10(17)5-6-12(11)23-15)13(22)19-14(20-16)18-9-21(3)4/h5-7,9H,8H2,1-4H3,(H,19,20,22)/b18-9+. The second kappa shape index (κ2) is 5.33. The van der Waals surface area contributed by atoms with Gasteiger partial charge in [-0.25, -0.2) is 9.98 Å². The molecule has 1 aromatic rings. The highest BCUT2D eigenvalue weighted by Gasteiger charge is 2.53. The van der Waals surface area contributed by atoms with Gasteiger partial charge < -0.3 is 9.64 Å². The van der Waals surface area contributed by atoms with Crippen LogP contribution in [0, 0.1) is 0 Å². The number of carbonyl (C=O) groups is 1. The summed E-state index contributed by atoms with van der Waals surface area (Å²) in [5.74, 6) is 0.840. The monoisotopic (exact) mass is 378 g/mol. The lowest BCUT2D eigenvalue weighted by Gasteiger charge is -2.40. The zero-order valence-electron chi connectivity index (χ0n) is 13.6. The van der Waals surface area contributed by atoms with Crippen molar-refractivity contribution in [3.05, 3.63) is 28.2 Å². The minimum atomic E-state index is -1.00. The molecular formula is C16H19BrN4O2. The Morgan fingerprint density at radius 1 is 1.43 bits per heavy atom. The predicted molar refractivity (Wildman–Crippen MR) is 92.9 cm³/mol. The van der Waals surface area contributed by atoms with Gasteiger partial charge in [-0.1, -0.05) is 15.9 Å². The van der Waals surface area contributed by atoms with E-state index in [1.54, 1.807) is 11.2 Å². The molecule has 1 aromatic carbocycles. The summed E-state index contributed by atoms with van der Waals surface area (Å²) in [6.07, 6.45) is 2.07. The van der Waals surface area contributed by atoms with Gasteiger partial charge in [0.25, 0.3) is 5.91 Å². The molecule has 23 heavy (non-hydrogen) atoms. The van der Waals surface area contributed by atoms with E-state index in [-0.39, 0.29) is 5.91 Å². The highest BCUT2D eigenvalue weighted by molar-refractivity contribution is 9.10. The molecule has 0 saturated heterocycles. The second-order valence-electron chi connectivity index (χ2n) is 6.64. The molecule has 3 rings (SSSR count). The van der Waals surface area contributed by atoms with Crippen LogP contribution in [0.1, 0.15) is 25.8 Å². The van der Waals surface area contributed by atoms with Crippen LogP contribution >= 0.6 is 15.9 Å². The Morgan fingerprint density at radius 3 is 2.87 bits per heavy atom. The molecule has 1 atom stereocenters. The van der Waals surface area contributed by atoms with Crippen LogP contribution in [0.3, 0.4) is 0 Å². The number of halogens is 1. The quantitative estimate of drug-likeness (QED) is 0.602. The van der Waals surface area contributed by atoms with Crippen LogP contribution in [-0.2, 0) is 10.3 Å². The van der Waals surface area contributed by atoms with Gasteiger partial charge in [0, 0.05) is 30.6 Å². The third kappa shape index (κ3) is 2.85. The van der Waals surface area contributed by atoms with Crippen LogP contribution in [0.4, 0.5) is 0 Å². The number of carbonyl (C=O) groups excluding carboxylic acids is 1. The van der Waals surface area contributed by atoms with Crippen molar-refractivity contribution in [2.45, 2.75) is 31.4 Å². The van der Waals surface area contributed by atoms with Gasteiger partial charge in [-0.2, -0.15) is 0 Å². The molecule has 1 unspecified atom stereocenters. The number of nitrogens with zero attached hydrogens (tertiary/aromatic N) is 3. The van der Waals surface area contributed by atoms with E-state index in [9.17, 15) is 4.79 Å². The van der Waals surface area contributed by atoms with Crippen molar-refractivity contribution in [1.82, 2.24) is 10.2 Å². The number of fused-ring (bicyclic) bond motifs is 2. The normalized spacial score (nSPS) is 25.1. The van der Waals surface area contributed by atoms with Gasteiger partial charge in [0.05, 0.1) is 6.34 Å². The van der Waals surface area contributed by atoms with Gasteiger partial charge in [0.1, 0.15) is 11.4 Å². The lowest BCUT2D eigenvalue weighted by molar-refractivity contribution is -0.127. The summed E-state index contributed by atoms with van der Waals surface area (Å²) in [7, 11) is 3.72. The van der Waals surface area contributed by atoms with Crippen molar-refractivity contribution in [1.29, 1.82) is 0 Å². The largest absolute Gasteiger partial charge is 0.487 e. The number of aliphatic imine (C=N–C) groups is 2. The van der Waals surface area contributed by atoms with Gasteiger partial charge in [-0.05, 0) is 32.0 Å². The van der Waals surface area contributed by atoms with Gasteiger partial charge in [-0.3, -0.25) is 10.1 Å². The van der Waals surface area contributed by atoms with Crippen LogP contribution in [0.2, 0.25) is 0 Å². The topological polar surface area (TPSA) is 66.3 Å². The highest BCUT2D eigenvalue weighted by Crippen LogP contribution is 2.48. The molecule has 6 nitrogen and oxygen atoms in total. The molecule has 0 radical (unpaired) electrons. The van der Waals surface area contributed by atoms with E-state index in [4.69, 9.17) is 4.74 Å². The summed E-state index contributed by atoms with van der Waals surface area (Å²) in [4.78, 5) is 23.4. The molecule has 7 heteroatoms. The van der Waals surface area contributed by atoms with Gasteiger partial charge in [0.15, 0.2) is 5.54 Å². The number of rotatable bonds is 1. The molecule has 1 N–H and O–H groups in total. The number of benzene rings is 1. The Hall–Kier alpha value is -1.89. The SMILES string of the molecule is CN(C)/C=N/C1=NC2(CC(C)(C)Oc3ccc(Br)cc32)C(=O)N1. The predicted octanol–water partition coefficient (Wildman–Crippen LogP) is 2.28. The van der Waals surface area contributed by atoms with Crippen molar-refractivity contribution >= 4 is 34.1 Å². The third-order valence-corrected chi connectivity index (χ3v) is 4.26. The van der Waals surface area contributed by atoms with Crippen LogP contribution in [0.25, 0.3) is 0 Å². The maximum Gasteiger partial charge on any atom is 0.259 e. The average molecular weight is 379 g/mol. The van der Waals surface area contributed by atoms with E-state index in [1.807, 2.05) is 46.1 Å². The number of nitrogens with one attached hydrogen (secondary N) is 1. The Balaban J connectivity index is 2.13. The van der Waals surface area contributed by atoms with Gasteiger partial charge >= 0.3 is 0 Å². The van der Waals surface area contributed by atoms with Crippen LogP contribution in [0.15, 0.2) is 32.7 Å². The lowest BCUT2D eigenvalue weighted by Crippen LogP contribution is -2.48. The van der Waals surface area contributed by atoms with Crippen LogP contribution in [-0.4, -0.2) is 42.8 Å². The second-order valence-corrected chi connectivity index (χ2v) is 7.55. The number of ether oxygens (including phenoxy) is 1. The maximum absolute atomic E-state index is 12.8. The van der Waals surface area contributed by atoms with Crippen molar-refractivity contribution in [3.63, 3.8) is 0 Å². The number of amides is 1. The van der Waals surface area contributed by atoms with Crippen molar-refractivity contribution < 1.29 is 9.53 Å². The molecular weight excluding hydrogens is 360 g/mol. The first-order valence-electron chi connectivity index (χ1n) is 7.33. The first-order valence-corrected chi connectivity index (χ1v) is 8.12. The van der Waals surface area contributed by atoms with Crippen molar-refractivity contribution in [3.8, 4) is 5.75 Å². The summed E-state index contributed by atoms with van der Waals surface area (Å²) in [5.41, 5.74) is -0.735. The zero-order valence-corrected chi connectivity index (χ0v) is 15.1. The molecule has 0 bridgehead atoms. The van der Waals surface area contributed by atoms with E-state index in [1.165, 1.54) is 0 Å². The zero-order chi connectivity index (χ0) is 16.8. The summed E-state index contributed by atoms with van der Waals surface area (Å²) < 4.78 is 6.91. The fourth-order valence-corrected chi connectivity index (χ4v) is 3.32.